The van der Waals surface area contributed by atoms with Gasteiger partial charge in [0.1, 0.15) is 5.82 Å². The highest BCUT2D eigenvalue weighted by Gasteiger charge is 2.15. The van der Waals surface area contributed by atoms with Crippen LogP contribution >= 0.6 is 0 Å². The molecule has 2 rings (SSSR count). The first-order valence-electron chi connectivity index (χ1n) is 8.61. The van der Waals surface area contributed by atoms with Crippen LogP contribution in [-0.4, -0.2) is 59.1 Å². The van der Waals surface area contributed by atoms with E-state index in [1.807, 2.05) is 10.9 Å². The van der Waals surface area contributed by atoms with Crippen molar-refractivity contribution in [1.29, 1.82) is 0 Å². The molecule has 0 fully saturated rings. The number of nitrogens with one attached hydrogen (secondary N) is 2. The molecule has 0 aliphatic carbocycles. The van der Waals surface area contributed by atoms with Crippen LogP contribution in [0.3, 0.4) is 0 Å². The zero-order valence-electron chi connectivity index (χ0n) is 16.2. The summed E-state index contributed by atoms with van der Waals surface area (Å²) in [6, 6.07) is 0. The van der Waals surface area contributed by atoms with E-state index in [-0.39, 0.29) is 11.1 Å². The van der Waals surface area contributed by atoms with E-state index in [4.69, 9.17) is 15.2 Å². The lowest BCUT2D eigenvalue weighted by molar-refractivity contribution is 0.0759. The van der Waals surface area contributed by atoms with Gasteiger partial charge in [0.25, 0.3) is 5.91 Å². The Morgan fingerprint density at radius 3 is 2.67 bits per heavy atom. The Labute approximate surface area is 158 Å². The predicted octanol–water partition coefficient (Wildman–Crippen LogP) is 1.35. The first kappa shape index (κ1) is 20.6. The van der Waals surface area contributed by atoms with Crippen LogP contribution in [0.1, 0.15) is 31.1 Å². The first-order chi connectivity index (χ1) is 12.8. The lowest BCUT2D eigenvalue weighted by Crippen LogP contribution is -2.21. The van der Waals surface area contributed by atoms with Crippen LogP contribution in [-0.2, 0) is 15.0 Å². The third-order valence-corrected chi connectivity index (χ3v) is 3.55. The number of primary amides is 1. The third kappa shape index (κ3) is 6.19. The van der Waals surface area contributed by atoms with Crippen LogP contribution in [0.2, 0.25) is 0 Å². The second-order valence-electron chi connectivity index (χ2n) is 6.82. The number of amides is 1. The maximum absolute atomic E-state index is 11.6. The van der Waals surface area contributed by atoms with Crippen molar-refractivity contribution < 1.29 is 14.3 Å². The number of carbonyl (C=O) groups is 1. The molecule has 148 valence electrons. The summed E-state index contributed by atoms with van der Waals surface area (Å²) in [5.41, 5.74) is 6.22. The maximum Gasteiger partial charge on any atom is 0.254 e. The summed E-state index contributed by atoms with van der Waals surface area (Å²) >= 11 is 0. The van der Waals surface area contributed by atoms with Gasteiger partial charge in [-0.25, -0.2) is 4.98 Å². The number of nitrogens with two attached hydrogens (primary N) is 1. The summed E-state index contributed by atoms with van der Waals surface area (Å²) in [6.07, 6.45) is 4.94. The predicted molar refractivity (Wildman–Crippen MR) is 102 cm³/mol. The molecule has 27 heavy (non-hydrogen) atoms. The number of rotatable bonds is 10. The Bertz CT molecular complexity index is 755. The Hall–Kier alpha value is -2.72. The molecule has 0 atom stereocenters. The Morgan fingerprint density at radius 2 is 2.04 bits per heavy atom. The van der Waals surface area contributed by atoms with E-state index in [9.17, 15) is 4.79 Å². The fourth-order valence-electron chi connectivity index (χ4n) is 2.13. The standard InChI is InChI=1S/C17H27N7O3/c1-17(2,3)24-11-12(9-21-24)22-16-20-10-13(14(18)25)15(23-16)19-5-6-27-8-7-26-4/h9-11H,5-8H2,1-4H3,(H2,18,25)(H2,19,20,22,23). The van der Waals surface area contributed by atoms with Crippen LogP contribution in [0, 0.1) is 0 Å². The second kappa shape index (κ2) is 9.28. The average molecular weight is 377 g/mol. The molecule has 10 nitrogen and oxygen atoms in total. The summed E-state index contributed by atoms with van der Waals surface area (Å²) < 4.78 is 12.1. The molecule has 2 aromatic rings. The van der Waals surface area contributed by atoms with Crippen LogP contribution in [0.25, 0.3) is 0 Å². The third-order valence-electron chi connectivity index (χ3n) is 3.55. The van der Waals surface area contributed by atoms with E-state index >= 15 is 0 Å². The van der Waals surface area contributed by atoms with Crippen LogP contribution in [0.15, 0.2) is 18.6 Å². The molecule has 0 spiro atoms. The van der Waals surface area contributed by atoms with Gasteiger partial charge < -0.3 is 25.8 Å². The van der Waals surface area contributed by atoms with Gasteiger partial charge >= 0.3 is 0 Å². The average Bonchev–Trinajstić information content (AvgIpc) is 3.07. The fraction of sp³-hybridized carbons (Fsp3) is 0.529. The topological polar surface area (TPSA) is 129 Å². The van der Waals surface area contributed by atoms with Crippen LogP contribution in [0.4, 0.5) is 17.5 Å². The van der Waals surface area contributed by atoms with Crippen molar-refractivity contribution in [3.8, 4) is 0 Å². The molecule has 0 saturated heterocycles. The number of nitrogens with zero attached hydrogens (tertiary/aromatic N) is 4. The molecule has 0 saturated carbocycles. The molecule has 4 N–H and O–H groups in total. The molecule has 1 amide bonds. The van der Waals surface area contributed by atoms with E-state index in [1.54, 1.807) is 13.3 Å². The molecule has 0 aliphatic heterocycles. The lowest BCUT2D eigenvalue weighted by Gasteiger charge is -2.18. The quantitative estimate of drug-likeness (QED) is 0.529. The number of ether oxygens (including phenoxy) is 2. The van der Waals surface area contributed by atoms with Gasteiger partial charge in [0.05, 0.1) is 42.8 Å². The molecule has 2 heterocycles. The van der Waals surface area contributed by atoms with Gasteiger partial charge in [-0.15, -0.1) is 0 Å². The van der Waals surface area contributed by atoms with Crippen molar-refractivity contribution in [1.82, 2.24) is 19.7 Å². The number of aromatic nitrogens is 4. The van der Waals surface area contributed by atoms with Gasteiger partial charge in [0.15, 0.2) is 0 Å². The normalized spacial score (nSPS) is 11.4. The van der Waals surface area contributed by atoms with E-state index < -0.39 is 5.91 Å². The molecule has 0 unspecified atom stereocenters. The summed E-state index contributed by atoms with van der Waals surface area (Å²) in [6.45, 7) is 8.08. The van der Waals surface area contributed by atoms with Crippen molar-refractivity contribution >= 4 is 23.4 Å². The van der Waals surface area contributed by atoms with Crippen molar-refractivity contribution in [2.24, 2.45) is 5.73 Å². The van der Waals surface area contributed by atoms with Gasteiger partial charge in [0.2, 0.25) is 5.95 Å². The molecule has 0 radical (unpaired) electrons. The summed E-state index contributed by atoms with van der Waals surface area (Å²) in [4.78, 5) is 20.1. The summed E-state index contributed by atoms with van der Waals surface area (Å²) in [5.74, 6) is 0.0692. The lowest BCUT2D eigenvalue weighted by atomic mass is 10.1. The molecular formula is C17H27N7O3. The molecule has 2 aromatic heterocycles. The van der Waals surface area contributed by atoms with Crippen molar-refractivity contribution in [3.63, 3.8) is 0 Å². The van der Waals surface area contributed by atoms with Crippen molar-refractivity contribution in [2.75, 3.05) is 44.1 Å². The fourth-order valence-corrected chi connectivity index (χ4v) is 2.13. The number of methoxy groups -OCH3 is 1. The zero-order valence-corrected chi connectivity index (χ0v) is 16.2. The second-order valence-corrected chi connectivity index (χ2v) is 6.82. The smallest absolute Gasteiger partial charge is 0.254 e. The Balaban J connectivity index is 2.05. The van der Waals surface area contributed by atoms with Crippen molar-refractivity contribution in [2.45, 2.75) is 26.3 Å². The minimum absolute atomic E-state index is 0.133. The highest BCUT2D eigenvalue weighted by molar-refractivity contribution is 5.97. The minimum atomic E-state index is -0.607. The highest BCUT2D eigenvalue weighted by atomic mass is 16.5. The van der Waals surface area contributed by atoms with Gasteiger partial charge in [-0.05, 0) is 20.8 Å². The number of hydrogen-bond donors (Lipinski definition) is 3. The van der Waals surface area contributed by atoms with Gasteiger partial charge in [0, 0.05) is 26.0 Å². The van der Waals surface area contributed by atoms with Gasteiger partial charge in [-0.2, -0.15) is 10.1 Å². The minimum Gasteiger partial charge on any atom is -0.382 e. The molecule has 0 bridgehead atoms. The monoisotopic (exact) mass is 377 g/mol. The molecular weight excluding hydrogens is 350 g/mol. The molecule has 0 aromatic carbocycles. The van der Waals surface area contributed by atoms with Crippen LogP contribution in [0.5, 0.6) is 0 Å². The number of hydrogen-bond acceptors (Lipinski definition) is 8. The largest absolute Gasteiger partial charge is 0.382 e. The van der Waals surface area contributed by atoms with E-state index in [2.05, 4.69) is 46.5 Å². The number of anilines is 3. The first-order valence-corrected chi connectivity index (χ1v) is 8.61. The summed E-state index contributed by atoms with van der Waals surface area (Å²) in [7, 11) is 1.61. The zero-order chi connectivity index (χ0) is 19.9. The molecule has 10 heteroatoms. The Kier molecular flexibility index (Phi) is 7.08. The van der Waals surface area contributed by atoms with E-state index in [1.165, 1.54) is 6.20 Å². The number of carbonyl (C=O) groups excluding carboxylic acids is 1. The van der Waals surface area contributed by atoms with Gasteiger partial charge in [-0.1, -0.05) is 0 Å². The molecule has 0 aliphatic rings. The van der Waals surface area contributed by atoms with E-state index in [0.29, 0.717) is 38.1 Å². The summed E-state index contributed by atoms with van der Waals surface area (Å²) in [5, 5.41) is 10.4. The van der Waals surface area contributed by atoms with E-state index in [0.717, 1.165) is 5.69 Å². The van der Waals surface area contributed by atoms with Crippen LogP contribution < -0.4 is 16.4 Å². The highest BCUT2D eigenvalue weighted by Crippen LogP contribution is 2.19. The van der Waals surface area contributed by atoms with Gasteiger partial charge in [-0.3, -0.25) is 9.48 Å². The van der Waals surface area contributed by atoms with Crippen molar-refractivity contribution in [3.05, 3.63) is 24.2 Å². The SMILES string of the molecule is COCCOCCNc1nc(Nc2cnn(C(C)(C)C)c2)ncc1C(N)=O. The maximum atomic E-state index is 11.6. The Morgan fingerprint density at radius 1 is 1.26 bits per heavy atom.